The summed E-state index contributed by atoms with van der Waals surface area (Å²) in [5.74, 6) is -0.545. The molecule has 1 aliphatic rings. The van der Waals surface area contributed by atoms with E-state index in [-0.39, 0.29) is 17.8 Å². The summed E-state index contributed by atoms with van der Waals surface area (Å²) < 4.78 is 15.9. The van der Waals surface area contributed by atoms with Crippen molar-refractivity contribution in [2.75, 3.05) is 26.2 Å². The van der Waals surface area contributed by atoms with E-state index in [4.69, 9.17) is 14.2 Å². The van der Waals surface area contributed by atoms with Gasteiger partial charge in [-0.1, -0.05) is 0 Å². The first-order chi connectivity index (χ1) is 11.0. The first-order valence-corrected chi connectivity index (χ1v) is 8.01. The summed E-state index contributed by atoms with van der Waals surface area (Å²) >= 11 is 1.41. The van der Waals surface area contributed by atoms with Gasteiger partial charge in [-0.2, -0.15) is 21.7 Å². The molecule has 0 fully saturated rings. The number of hydrogen-bond acceptors (Lipinski definition) is 9. The number of hydrogen-bond donors (Lipinski definition) is 0. The molecule has 8 nitrogen and oxygen atoms in total. The molecule has 9 heteroatoms. The van der Waals surface area contributed by atoms with Crippen LogP contribution in [0.3, 0.4) is 0 Å². The van der Waals surface area contributed by atoms with Gasteiger partial charge < -0.3 is 24.1 Å². The van der Waals surface area contributed by atoms with Crippen LogP contribution in [0.1, 0.15) is 0 Å². The summed E-state index contributed by atoms with van der Waals surface area (Å²) in [6.07, 6.45) is 6.46. The number of carboxylic acids is 1. The number of methoxy groups -OCH3 is 2. The third-order valence-corrected chi connectivity index (χ3v) is 3.85. The fourth-order valence-electron chi connectivity index (χ4n) is 2.10. The number of aliphatic carboxylic acids is 1. The Morgan fingerprint density at radius 2 is 2.00 bits per heavy atom. The molecule has 0 radical (unpaired) electrons. The lowest BCUT2D eigenvalue weighted by atomic mass is 9.94. The summed E-state index contributed by atoms with van der Waals surface area (Å²) in [5.41, 5.74) is -1.26. The average Bonchev–Trinajstić information content (AvgIpc) is 2.54. The Morgan fingerprint density at radius 1 is 1.35 bits per heavy atom. The summed E-state index contributed by atoms with van der Waals surface area (Å²) in [6, 6.07) is 0.211. The number of carbonyl (C=O) groups is 1. The van der Waals surface area contributed by atoms with E-state index in [9.17, 15) is 9.90 Å². The predicted octanol–water partition coefficient (Wildman–Crippen LogP) is -0.267. The topological polar surface area (TPSA) is 106 Å². The van der Waals surface area contributed by atoms with Gasteiger partial charge in [-0.3, -0.25) is 4.99 Å². The Labute approximate surface area is 137 Å². The molecule has 2 atom stereocenters. The largest absolute Gasteiger partial charge is 0.548 e. The van der Waals surface area contributed by atoms with E-state index >= 15 is 0 Å². The van der Waals surface area contributed by atoms with Crippen LogP contribution in [-0.4, -0.2) is 60.0 Å². The summed E-state index contributed by atoms with van der Waals surface area (Å²) in [6.45, 7) is 0. The molecule has 1 aliphatic heterocycles. The Balaban J connectivity index is 2.41. The van der Waals surface area contributed by atoms with Crippen LogP contribution in [0.4, 0.5) is 0 Å². The number of aromatic nitrogens is 2. The fourth-order valence-corrected chi connectivity index (χ4v) is 2.86. The average molecular weight is 338 g/mol. The van der Waals surface area contributed by atoms with Gasteiger partial charge >= 0.3 is 6.01 Å². The van der Waals surface area contributed by atoms with E-state index in [0.29, 0.717) is 5.75 Å². The number of allylic oxidation sites excluding steroid dienone is 1. The molecule has 1 aromatic rings. The van der Waals surface area contributed by atoms with Crippen molar-refractivity contribution in [3.8, 4) is 17.8 Å². The summed E-state index contributed by atoms with van der Waals surface area (Å²) in [7, 11) is 2.88. The summed E-state index contributed by atoms with van der Waals surface area (Å²) in [5, 5.41) is 11.4. The van der Waals surface area contributed by atoms with Crippen LogP contribution in [0.5, 0.6) is 17.8 Å². The zero-order valence-electron chi connectivity index (χ0n) is 12.9. The number of thioether (sulfide) groups is 1. The number of carbonyl (C=O) groups excluding carboxylic acids is 1. The molecule has 0 aromatic carbocycles. The van der Waals surface area contributed by atoms with Gasteiger partial charge in [0.15, 0.2) is 5.60 Å². The smallest absolute Gasteiger partial charge is 0.324 e. The molecule has 23 heavy (non-hydrogen) atoms. The van der Waals surface area contributed by atoms with Crippen molar-refractivity contribution in [3.05, 3.63) is 18.2 Å². The molecular weight excluding hydrogens is 322 g/mol. The number of ether oxygens (including phenoxy) is 3. The number of dihydropyridines is 1. The maximum atomic E-state index is 11.4. The van der Waals surface area contributed by atoms with E-state index in [1.165, 1.54) is 38.3 Å². The molecule has 2 unspecified atom stereocenters. The highest BCUT2D eigenvalue weighted by Gasteiger charge is 2.41. The van der Waals surface area contributed by atoms with Crippen LogP contribution in [0, 0.1) is 0 Å². The van der Waals surface area contributed by atoms with Crippen LogP contribution < -0.4 is 19.3 Å². The lowest BCUT2D eigenvalue weighted by Crippen LogP contribution is -2.56. The number of carboxylic acid groups (broad SMARTS) is 1. The highest BCUT2D eigenvalue weighted by Crippen LogP contribution is 2.30. The quantitative estimate of drug-likeness (QED) is 0.669. The second kappa shape index (κ2) is 7.32. The van der Waals surface area contributed by atoms with Crippen molar-refractivity contribution in [1.29, 1.82) is 0 Å². The lowest BCUT2D eigenvalue weighted by Gasteiger charge is -2.37. The fraction of sp³-hybridized carbons (Fsp3) is 0.429. The molecular formula is C14H16N3O5S-. The van der Waals surface area contributed by atoms with E-state index in [1.807, 2.05) is 6.26 Å². The van der Waals surface area contributed by atoms with Gasteiger partial charge in [0.1, 0.15) is 6.04 Å². The molecule has 2 heterocycles. The lowest BCUT2D eigenvalue weighted by molar-refractivity contribution is -0.310. The standard InChI is InChI=1S/C14H17N3O5S/c1-20-9-7-10(21-2)17-13(16-9)22-14(8-23-3)5-4-6-15-11(14)12(18)19/h4-7,11H,8H2,1-3H3,(H,18,19)/p-1. The van der Waals surface area contributed by atoms with Crippen molar-refractivity contribution in [3.63, 3.8) is 0 Å². The number of nitrogens with zero attached hydrogens (tertiary/aromatic N) is 3. The highest BCUT2D eigenvalue weighted by molar-refractivity contribution is 7.98. The zero-order chi connectivity index (χ0) is 16.9. The zero-order valence-corrected chi connectivity index (χ0v) is 13.7. The molecule has 0 spiro atoms. The van der Waals surface area contributed by atoms with E-state index in [1.54, 1.807) is 12.2 Å². The SMILES string of the molecule is COc1cc(OC)nc(OC2(CSC)C=CC=NC2C(=O)[O-])n1. The molecule has 124 valence electrons. The van der Waals surface area contributed by atoms with Crippen LogP contribution in [-0.2, 0) is 4.79 Å². The second-order valence-corrected chi connectivity index (χ2v) is 5.47. The van der Waals surface area contributed by atoms with E-state index in [2.05, 4.69) is 15.0 Å². The number of rotatable bonds is 7. The van der Waals surface area contributed by atoms with Crippen LogP contribution >= 0.6 is 11.8 Å². The van der Waals surface area contributed by atoms with Crippen LogP contribution in [0.15, 0.2) is 23.2 Å². The second-order valence-electron chi connectivity index (χ2n) is 4.60. The molecule has 0 saturated carbocycles. The minimum absolute atomic E-state index is 0.0664. The van der Waals surface area contributed by atoms with Crippen molar-refractivity contribution in [1.82, 2.24) is 9.97 Å². The van der Waals surface area contributed by atoms with Gasteiger partial charge in [-0.15, -0.1) is 0 Å². The first-order valence-electron chi connectivity index (χ1n) is 6.61. The minimum atomic E-state index is -1.34. The highest BCUT2D eigenvalue weighted by atomic mass is 32.2. The maximum Gasteiger partial charge on any atom is 0.324 e. The molecule has 2 rings (SSSR count). The minimum Gasteiger partial charge on any atom is -0.548 e. The monoisotopic (exact) mass is 338 g/mol. The van der Waals surface area contributed by atoms with Gasteiger partial charge in [0.25, 0.3) is 0 Å². The third kappa shape index (κ3) is 3.73. The van der Waals surface area contributed by atoms with Gasteiger partial charge in [0.05, 0.1) is 26.3 Å². The molecule has 0 amide bonds. The van der Waals surface area contributed by atoms with Gasteiger partial charge in [-0.05, 0) is 18.4 Å². The normalized spacial score (nSPS) is 22.7. The van der Waals surface area contributed by atoms with Gasteiger partial charge in [-0.25, -0.2) is 0 Å². The molecule has 0 saturated heterocycles. The third-order valence-electron chi connectivity index (χ3n) is 3.11. The molecule has 0 N–H and O–H groups in total. The van der Waals surface area contributed by atoms with Crippen molar-refractivity contribution >= 4 is 23.9 Å². The van der Waals surface area contributed by atoms with Gasteiger partial charge in [0.2, 0.25) is 11.8 Å². The van der Waals surface area contributed by atoms with E-state index in [0.717, 1.165) is 0 Å². The van der Waals surface area contributed by atoms with E-state index < -0.39 is 17.6 Å². The maximum absolute atomic E-state index is 11.4. The Bertz CT molecular complexity index is 615. The van der Waals surface area contributed by atoms with Crippen LogP contribution in [0.2, 0.25) is 0 Å². The Hall–Kier alpha value is -2.29. The summed E-state index contributed by atoms with van der Waals surface area (Å²) in [4.78, 5) is 23.5. The molecule has 0 aliphatic carbocycles. The molecule has 0 bridgehead atoms. The molecule has 1 aromatic heterocycles. The van der Waals surface area contributed by atoms with Crippen molar-refractivity contribution in [2.45, 2.75) is 11.6 Å². The van der Waals surface area contributed by atoms with Gasteiger partial charge in [0, 0.05) is 12.0 Å². The van der Waals surface area contributed by atoms with Crippen molar-refractivity contribution < 1.29 is 24.1 Å². The van der Waals surface area contributed by atoms with Crippen molar-refractivity contribution in [2.24, 2.45) is 4.99 Å². The predicted molar refractivity (Wildman–Crippen MR) is 83.3 cm³/mol. The number of aliphatic imine (C=N–C) groups is 1. The Morgan fingerprint density at radius 3 is 2.52 bits per heavy atom. The van der Waals surface area contributed by atoms with Crippen LogP contribution in [0.25, 0.3) is 0 Å². The first kappa shape index (κ1) is 17.1. The Kier molecular flexibility index (Phi) is 5.43.